The van der Waals surface area contributed by atoms with Gasteiger partial charge in [0.25, 0.3) is 0 Å². The first-order valence-corrected chi connectivity index (χ1v) is 15.8. The molecule has 3 atom stereocenters. The molecule has 0 radical (unpaired) electrons. The molecule has 4 aromatic rings. The van der Waals surface area contributed by atoms with Crippen LogP contribution in [0.2, 0.25) is 5.02 Å². The van der Waals surface area contributed by atoms with E-state index in [-0.39, 0.29) is 42.8 Å². The van der Waals surface area contributed by atoms with Gasteiger partial charge in [-0.1, -0.05) is 78.3 Å². The number of thioether (sulfide) groups is 1. The van der Waals surface area contributed by atoms with E-state index >= 15 is 0 Å². The van der Waals surface area contributed by atoms with E-state index in [0.717, 1.165) is 52.7 Å². The van der Waals surface area contributed by atoms with Gasteiger partial charge in [-0.25, -0.2) is 4.98 Å². The Bertz CT molecular complexity index is 1540. The maximum atomic E-state index is 11.7. The van der Waals surface area contributed by atoms with Gasteiger partial charge in [-0.2, -0.15) is 11.8 Å². The number of carbonyl (C=O) groups is 1. The predicted molar refractivity (Wildman–Crippen MR) is 173 cm³/mol. The monoisotopic (exact) mass is 609 g/mol. The van der Waals surface area contributed by atoms with Gasteiger partial charge < -0.3 is 11.6 Å². The maximum absolute atomic E-state index is 11.7. The summed E-state index contributed by atoms with van der Waals surface area (Å²) in [5.74, 6) is 1.11. The number of fused-ring (bicyclic) bond motifs is 1. The molecule has 4 nitrogen and oxygen atoms in total. The fourth-order valence-corrected chi connectivity index (χ4v) is 6.86. The van der Waals surface area contributed by atoms with Gasteiger partial charge in [0.15, 0.2) is 0 Å². The molecule has 7 heteroatoms. The van der Waals surface area contributed by atoms with Crippen LogP contribution in [-0.4, -0.2) is 38.8 Å². The average Bonchev–Trinajstić information content (AvgIpc) is 3.79. The molecule has 3 aromatic carbocycles. The third-order valence-electron chi connectivity index (χ3n) is 7.74. The second-order valence-electron chi connectivity index (χ2n) is 11.0. The molecule has 0 bridgehead atoms. The first-order chi connectivity index (χ1) is 19.9. The van der Waals surface area contributed by atoms with Crippen molar-refractivity contribution in [2.45, 2.75) is 44.6 Å². The molecule has 0 spiro atoms. The number of hydrogen-bond acceptors (Lipinski definition) is 4. The number of rotatable bonds is 13. The Hall–Kier alpha value is -2.12. The van der Waals surface area contributed by atoms with E-state index in [2.05, 4.69) is 54.6 Å². The number of aliphatic hydroxyl groups excluding tert-OH is 1. The molecule has 0 aliphatic heterocycles. The molecule has 1 fully saturated rings. The Labute approximate surface area is 281 Å². The van der Waals surface area contributed by atoms with Gasteiger partial charge in [-0.15, -0.1) is 0 Å². The fraction of sp³-hybridized carbons (Fsp3) is 0.314. The van der Waals surface area contributed by atoms with Crippen molar-refractivity contribution in [3.8, 4) is 0 Å². The number of carboxylic acid groups (broad SMARTS) is 1. The quantitative estimate of drug-likeness (QED) is 0.156. The standard InChI is InChI=1S/C35H36ClNO3S.Na.H/c1-23(38)19-27-6-2-3-8-31(27)32(17-18-41-22-33(35(39)40)25-10-11-25)28-7-4-5-24(20-28)9-15-30-16-13-26-12-14-29(36)21-34(26)37-30;;/h2-9,12-16,20-21,23,25,32-33,38H,10-11,17-19,22H2,1H3,(H,39,40);;/q;+1;-1/b15-9+;;. The summed E-state index contributed by atoms with van der Waals surface area (Å²) < 4.78 is 0. The van der Waals surface area contributed by atoms with Gasteiger partial charge in [0.2, 0.25) is 0 Å². The Morgan fingerprint density at radius 1 is 1.07 bits per heavy atom. The number of halogens is 1. The molecular weight excluding hydrogens is 573 g/mol. The molecule has 1 saturated carbocycles. The van der Waals surface area contributed by atoms with Gasteiger partial charge >= 0.3 is 35.5 Å². The van der Waals surface area contributed by atoms with Gasteiger partial charge in [0, 0.05) is 22.1 Å². The minimum atomic E-state index is -0.665. The van der Waals surface area contributed by atoms with E-state index in [4.69, 9.17) is 16.6 Å². The molecule has 42 heavy (non-hydrogen) atoms. The third-order valence-corrected chi connectivity index (χ3v) is 9.09. The van der Waals surface area contributed by atoms with E-state index in [1.807, 2.05) is 43.3 Å². The molecule has 1 heterocycles. The van der Waals surface area contributed by atoms with Crippen LogP contribution < -0.4 is 29.6 Å². The first kappa shape index (κ1) is 32.8. The number of nitrogens with zero attached hydrogens (tertiary/aromatic N) is 1. The van der Waals surface area contributed by atoms with Crippen LogP contribution in [0.15, 0.2) is 78.9 Å². The van der Waals surface area contributed by atoms with Crippen LogP contribution in [-0.2, 0) is 11.2 Å². The minimum Gasteiger partial charge on any atom is -1.00 e. The number of pyridine rings is 1. The molecule has 2 N–H and O–H groups in total. The Morgan fingerprint density at radius 3 is 2.62 bits per heavy atom. The van der Waals surface area contributed by atoms with Crippen LogP contribution in [0.4, 0.5) is 0 Å². The third kappa shape index (κ3) is 8.95. The normalized spacial score (nSPS) is 15.3. The Balaban J connectivity index is 0.00000253. The predicted octanol–water partition coefficient (Wildman–Crippen LogP) is 5.46. The molecule has 5 rings (SSSR count). The number of carboxylic acids is 1. The van der Waals surface area contributed by atoms with Crippen molar-refractivity contribution < 1.29 is 46.0 Å². The van der Waals surface area contributed by atoms with E-state index in [1.54, 1.807) is 11.8 Å². The van der Waals surface area contributed by atoms with Crippen molar-refractivity contribution in [3.63, 3.8) is 0 Å². The average molecular weight is 610 g/mol. The first-order valence-electron chi connectivity index (χ1n) is 14.3. The van der Waals surface area contributed by atoms with Gasteiger partial charge in [-0.05, 0) is 90.8 Å². The second-order valence-corrected chi connectivity index (χ2v) is 12.6. The minimum absolute atomic E-state index is 0. The zero-order chi connectivity index (χ0) is 28.8. The van der Waals surface area contributed by atoms with E-state index in [9.17, 15) is 15.0 Å². The van der Waals surface area contributed by atoms with Crippen LogP contribution in [0.25, 0.3) is 23.1 Å². The molecule has 1 aliphatic rings. The molecule has 3 unspecified atom stereocenters. The fourth-order valence-electron chi connectivity index (χ4n) is 5.46. The SMILES string of the molecule is CC(O)Cc1ccccc1C(CCSCC(C(=O)O)C1CC1)c1cccc(/C=C/c2ccc3ccc(Cl)cc3n2)c1.[H-].[Na+]. The Kier molecular flexibility index (Phi) is 12.1. The molecule has 0 saturated heterocycles. The summed E-state index contributed by atoms with van der Waals surface area (Å²) in [7, 11) is 0. The summed E-state index contributed by atoms with van der Waals surface area (Å²) in [6.45, 7) is 1.83. The number of aromatic nitrogens is 1. The molecule has 1 aromatic heterocycles. The van der Waals surface area contributed by atoms with Crippen LogP contribution in [0.3, 0.4) is 0 Å². The zero-order valence-corrected chi connectivity index (χ0v) is 27.8. The van der Waals surface area contributed by atoms with Crippen molar-refractivity contribution in [2.24, 2.45) is 11.8 Å². The van der Waals surface area contributed by atoms with Crippen LogP contribution in [0.5, 0.6) is 0 Å². The van der Waals surface area contributed by atoms with Crippen molar-refractivity contribution in [3.05, 3.63) is 112 Å². The van der Waals surface area contributed by atoms with E-state index in [1.165, 1.54) is 11.1 Å². The molecule has 214 valence electrons. The summed E-state index contributed by atoms with van der Waals surface area (Å²) in [5, 5.41) is 21.6. The molecular formula is C35H37ClNNaO3S. The second kappa shape index (κ2) is 15.6. The van der Waals surface area contributed by atoms with Crippen molar-refractivity contribution in [1.29, 1.82) is 0 Å². The van der Waals surface area contributed by atoms with E-state index in [0.29, 0.717) is 23.1 Å². The van der Waals surface area contributed by atoms with Gasteiger partial charge in [-0.3, -0.25) is 4.79 Å². The topological polar surface area (TPSA) is 70.4 Å². The summed E-state index contributed by atoms with van der Waals surface area (Å²) in [6, 6.07) is 26.8. The zero-order valence-electron chi connectivity index (χ0n) is 25.2. The van der Waals surface area contributed by atoms with Crippen LogP contribution in [0, 0.1) is 11.8 Å². The summed E-state index contributed by atoms with van der Waals surface area (Å²) in [4.78, 5) is 16.5. The van der Waals surface area contributed by atoms with Crippen LogP contribution >= 0.6 is 23.4 Å². The smallest absolute Gasteiger partial charge is 1.00 e. The van der Waals surface area contributed by atoms with Crippen molar-refractivity contribution >= 4 is 52.4 Å². The van der Waals surface area contributed by atoms with E-state index < -0.39 is 12.1 Å². The Morgan fingerprint density at radius 2 is 1.86 bits per heavy atom. The number of aliphatic carboxylic acids is 1. The van der Waals surface area contributed by atoms with Crippen molar-refractivity contribution in [2.75, 3.05) is 11.5 Å². The van der Waals surface area contributed by atoms with Crippen molar-refractivity contribution in [1.82, 2.24) is 4.98 Å². The van der Waals surface area contributed by atoms with Crippen LogP contribution in [0.1, 0.15) is 61.5 Å². The largest absolute Gasteiger partial charge is 1.00 e. The van der Waals surface area contributed by atoms with Gasteiger partial charge in [0.05, 0.1) is 23.2 Å². The maximum Gasteiger partial charge on any atom is 1.00 e. The summed E-state index contributed by atoms with van der Waals surface area (Å²) in [5.41, 5.74) is 6.40. The number of hydrogen-bond donors (Lipinski definition) is 2. The number of aliphatic hydroxyl groups is 1. The summed E-state index contributed by atoms with van der Waals surface area (Å²) in [6.07, 6.45) is 7.24. The number of benzene rings is 3. The molecule has 0 amide bonds. The summed E-state index contributed by atoms with van der Waals surface area (Å²) >= 11 is 7.92. The van der Waals surface area contributed by atoms with Gasteiger partial charge in [0.1, 0.15) is 0 Å². The molecule has 1 aliphatic carbocycles.